The Hall–Kier alpha value is -4.39. The normalized spacial score (nSPS) is 10.4. The number of hydrogen-bond donors (Lipinski definition) is 1. The number of aromatic nitrogens is 2. The van der Waals surface area contributed by atoms with Gasteiger partial charge in [0.15, 0.2) is 0 Å². The van der Waals surface area contributed by atoms with Crippen molar-refractivity contribution in [2.24, 2.45) is 0 Å². The van der Waals surface area contributed by atoms with Gasteiger partial charge >= 0.3 is 0 Å². The van der Waals surface area contributed by atoms with Crippen LogP contribution in [0, 0.1) is 35.3 Å². The standard InChI is InChI=1S/C21H19N5O5/c1-13-14(2)25(15-4-7-17(31-3)8-5-15)21(18(13)10-22)23-19(27)12-24-11-16(26(29)30)6-9-20(24)28/h4-9,11H,12H2,1-3H3,(H,23,27). The van der Waals surface area contributed by atoms with Crippen LogP contribution in [-0.4, -0.2) is 27.1 Å². The van der Waals surface area contributed by atoms with Crippen molar-refractivity contribution in [3.63, 3.8) is 0 Å². The molecule has 0 unspecified atom stereocenters. The Morgan fingerprint density at radius 3 is 2.48 bits per heavy atom. The van der Waals surface area contributed by atoms with Crippen LogP contribution in [0.2, 0.25) is 0 Å². The molecule has 158 valence electrons. The SMILES string of the molecule is COc1ccc(-n2c(C)c(C)c(C#N)c2NC(=O)Cn2cc([N+](=O)[O-])ccc2=O)cc1. The lowest BCUT2D eigenvalue weighted by molar-refractivity contribution is -0.385. The number of benzene rings is 1. The van der Waals surface area contributed by atoms with E-state index in [1.54, 1.807) is 42.9 Å². The van der Waals surface area contributed by atoms with Crippen LogP contribution in [0.4, 0.5) is 11.5 Å². The Morgan fingerprint density at radius 2 is 1.90 bits per heavy atom. The van der Waals surface area contributed by atoms with E-state index in [0.717, 1.165) is 28.6 Å². The van der Waals surface area contributed by atoms with Gasteiger partial charge < -0.3 is 10.1 Å². The minimum Gasteiger partial charge on any atom is -0.497 e. The number of nitrogens with one attached hydrogen (secondary N) is 1. The van der Waals surface area contributed by atoms with Gasteiger partial charge in [-0.15, -0.1) is 0 Å². The zero-order valence-electron chi connectivity index (χ0n) is 17.1. The van der Waals surface area contributed by atoms with Crippen molar-refractivity contribution in [2.45, 2.75) is 20.4 Å². The fraction of sp³-hybridized carbons (Fsp3) is 0.190. The van der Waals surface area contributed by atoms with Gasteiger partial charge in [-0.25, -0.2) is 0 Å². The highest BCUT2D eigenvalue weighted by molar-refractivity contribution is 5.92. The lowest BCUT2D eigenvalue weighted by Gasteiger charge is -2.14. The number of anilines is 1. The monoisotopic (exact) mass is 421 g/mol. The van der Waals surface area contributed by atoms with E-state index < -0.39 is 22.9 Å². The van der Waals surface area contributed by atoms with Gasteiger partial charge in [-0.1, -0.05) is 0 Å². The molecule has 0 radical (unpaired) electrons. The van der Waals surface area contributed by atoms with E-state index in [9.17, 15) is 25.0 Å². The van der Waals surface area contributed by atoms with Crippen molar-refractivity contribution < 1.29 is 14.5 Å². The highest BCUT2D eigenvalue weighted by Gasteiger charge is 2.21. The van der Waals surface area contributed by atoms with Crippen LogP contribution >= 0.6 is 0 Å². The molecule has 0 aliphatic rings. The maximum atomic E-state index is 12.7. The summed E-state index contributed by atoms with van der Waals surface area (Å²) in [5.41, 5.74) is 1.57. The molecule has 31 heavy (non-hydrogen) atoms. The topological polar surface area (TPSA) is 132 Å². The number of rotatable bonds is 6. The fourth-order valence-corrected chi connectivity index (χ4v) is 3.19. The summed E-state index contributed by atoms with van der Waals surface area (Å²) < 4.78 is 7.84. The molecule has 1 aromatic carbocycles. The van der Waals surface area contributed by atoms with Crippen molar-refractivity contribution in [3.8, 4) is 17.5 Å². The summed E-state index contributed by atoms with van der Waals surface area (Å²) in [5.74, 6) is 0.305. The first-order chi connectivity index (χ1) is 14.8. The summed E-state index contributed by atoms with van der Waals surface area (Å²) >= 11 is 0. The summed E-state index contributed by atoms with van der Waals surface area (Å²) in [6.07, 6.45) is 1.01. The van der Waals surface area contributed by atoms with Crippen LogP contribution < -0.4 is 15.6 Å². The van der Waals surface area contributed by atoms with Crippen molar-refractivity contribution in [2.75, 3.05) is 12.4 Å². The largest absolute Gasteiger partial charge is 0.497 e. The summed E-state index contributed by atoms with van der Waals surface area (Å²) in [6, 6.07) is 11.3. The summed E-state index contributed by atoms with van der Waals surface area (Å²) in [6.45, 7) is 3.15. The van der Waals surface area contributed by atoms with E-state index in [2.05, 4.69) is 11.4 Å². The molecule has 0 spiro atoms. The molecule has 1 N–H and O–H groups in total. The van der Waals surface area contributed by atoms with Gasteiger partial charge in [0.2, 0.25) is 5.91 Å². The van der Waals surface area contributed by atoms with E-state index in [-0.39, 0.29) is 17.1 Å². The molecule has 3 aromatic rings. The van der Waals surface area contributed by atoms with Crippen molar-refractivity contribution in [1.29, 1.82) is 5.26 Å². The highest BCUT2D eigenvalue weighted by Crippen LogP contribution is 2.30. The average molecular weight is 421 g/mol. The molecule has 0 aliphatic carbocycles. The van der Waals surface area contributed by atoms with Gasteiger partial charge in [-0.3, -0.25) is 28.8 Å². The molecule has 10 heteroatoms. The van der Waals surface area contributed by atoms with Crippen molar-refractivity contribution in [1.82, 2.24) is 9.13 Å². The number of carbonyl (C=O) groups is 1. The minimum atomic E-state index is -0.650. The number of methoxy groups -OCH3 is 1. The predicted molar refractivity (Wildman–Crippen MR) is 112 cm³/mol. The molecule has 0 aliphatic heterocycles. The molecule has 10 nitrogen and oxygen atoms in total. The Morgan fingerprint density at radius 1 is 1.23 bits per heavy atom. The predicted octanol–water partition coefficient (Wildman–Crippen LogP) is 2.68. The van der Waals surface area contributed by atoms with Gasteiger partial charge in [-0.2, -0.15) is 5.26 Å². The van der Waals surface area contributed by atoms with Crippen LogP contribution in [0.25, 0.3) is 5.69 Å². The lowest BCUT2D eigenvalue weighted by Crippen LogP contribution is -2.27. The number of pyridine rings is 1. The third-order valence-electron chi connectivity index (χ3n) is 4.91. The number of nitrogens with zero attached hydrogens (tertiary/aromatic N) is 4. The quantitative estimate of drug-likeness (QED) is 0.481. The molecule has 1 amide bonds. The van der Waals surface area contributed by atoms with Crippen LogP contribution in [-0.2, 0) is 11.3 Å². The molecule has 2 aromatic heterocycles. The minimum absolute atomic E-state index is 0.256. The number of ether oxygens (including phenoxy) is 1. The first kappa shape index (κ1) is 21.3. The Bertz CT molecular complexity index is 1270. The summed E-state index contributed by atoms with van der Waals surface area (Å²) in [7, 11) is 1.55. The third kappa shape index (κ3) is 4.16. The van der Waals surface area contributed by atoms with E-state index >= 15 is 0 Å². The first-order valence-corrected chi connectivity index (χ1v) is 9.18. The molecule has 0 saturated carbocycles. The maximum absolute atomic E-state index is 12.7. The Kier molecular flexibility index (Phi) is 5.88. The van der Waals surface area contributed by atoms with Crippen molar-refractivity contribution >= 4 is 17.4 Å². The fourth-order valence-electron chi connectivity index (χ4n) is 3.19. The van der Waals surface area contributed by atoms with Gasteiger partial charge in [0.1, 0.15) is 24.2 Å². The van der Waals surface area contributed by atoms with E-state index in [0.29, 0.717) is 17.0 Å². The van der Waals surface area contributed by atoms with E-state index in [4.69, 9.17) is 4.74 Å². The van der Waals surface area contributed by atoms with E-state index in [1.807, 2.05) is 6.92 Å². The summed E-state index contributed by atoms with van der Waals surface area (Å²) in [5, 5.41) is 23.3. The lowest BCUT2D eigenvalue weighted by atomic mass is 10.2. The van der Waals surface area contributed by atoms with Gasteiger partial charge in [0.05, 0.1) is 23.8 Å². The molecule has 0 saturated heterocycles. The molecule has 2 heterocycles. The average Bonchev–Trinajstić information content (AvgIpc) is 2.98. The number of amides is 1. The molecule has 0 bridgehead atoms. The van der Waals surface area contributed by atoms with Gasteiger partial charge in [-0.05, 0) is 43.7 Å². The Balaban J connectivity index is 1.99. The molecule has 0 fully saturated rings. The number of hydrogen-bond acceptors (Lipinski definition) is 6. The molecular formula is C21H19N5O5. The third-order valence-corrected chi connectivity index (χ3v) is 4.91. The second-order valence-electron chi connectivity index (χ2n) is 6.74. The highest BCUT2D eigenvalue weighted by atomic mass is 16.6. The van der Waals surface area contributed by atoms with Crippen LogP contribution in [0.1, 0.15) is 16.8 Å². The number of nitro groups is 1. The van der Waals surface area contributed by atoms with Crippen LogP contribution in [0.5, 0.6) is 5.75 Å². The molecule has 0 atom stereocenters. The molecule has 3 rings (SSSR count). The Labute approximate surface area is 177 Å². The second-order valence-corrected chi connectivity index (χ2v) is 6.74. The van der Waals surface area contributed by atoms with Crippen LogP contribution in [0.3, 0.4) is 0 Å². The van der Waals surface area contributed by atoms with Crippen LogP contribution in [0.15, 0.2) is 47.4 Å². The van der Waals surface area contributed by atoms with Crippen molar-refractivity contribution in [3.05, 3.63) is 79.9 Å². The van der Waals surface area contributed by atoms with E-state index in [1.165, 1.54) is 0 Å². The zero-order chi connectivity index (χ0) is 22.7. The number of nitriles is 1. The van der Waals surface area contributed by atoms with Gasteiger partial charge in [0.25, 0.3) is 11.2 Å². The maximum Gasteiger partial charge on any atom is 0.285 e. The second kappa shape index (κ2) is 8.54. The van der Waals surface area contributed by atoms with Gasteiger partial charge in [0, 0.05) is 23.5 Å². The first-order valence-electron chi connectivity index (χ1n) is 9.18. The summed E-state index contributed by atoms with van der Waals surface area (Å²) in [4.78, 5) is 35.0. The zero-order valence-corrected chi connectivity index (χ0v) is 17.1. The smallest absolute Gasteiger partial charge is 0.285 e. The molecular weight excluding hydrogens is 402 g/mol. The number of carbonyl (C=O) groups excluding carboxylic acids is 1.